The lowest BCUT2D eigenvalue weighted by molar-refractivity contribution is 0.188. The molecule has 2 N–H and O–H groups in total. The van der Waals surface area contributed by atoms with E-state index in [9.17, 15) is 13.6 Å². The number of likely N-dealkylation sites (N-methyl/N-ethyl adjacent to an activating group) is 1. The standard InChI is InChI=1S/C12H16F2N2O3/c1-16(5-6-17)12(18)15-4-7-19-9-2-3-10(13)11(14)8-9/h2-3,8,17H,4-7H2,1H3,(H,15,18). The van der Waals surface area contributed by atoms with Gasteiger partial charge in [-0.2, -0.15) is 0 Å². The fraction of sp³-hybridized carbons (Fsp3) is 0.417. The lowest BCUT2D eigenvalue weighted by atomic mass is 10.3. The second kappa shape index (κ2) is 7.52. The van der Waals surface area contributed by atoms with Crippen molar-refractivity contribution in [3.05, 3.63) is 29.8 Å². The Hall–Kier alpha value is -1.89. The van der Waals surface area contributed by atoms with Gasteiger partial charge in [0.15, 0.2) is 11.6 Å². The molecule has 0 aliphatic carbocycles. The zero-order valence-corrected chi connectivity index (χ0v) is 10.5. The molecular weight excluding hydrogens is 258 g/mol. The number of hydrogen-bond donors (Lipinski definition) is 2. The van der Waals surface area contributed by atoms with E-state index in [1.165, 1.54) is 11.0 Å². The molecule has 19 heavy (non-hydrogen) atoms. The molecule has 0 spiro atoms. The maximum atomic E-state index is 12.9. The molecule has 5 nitrogen and oxygen atoms in total. The number of aliphatic hydroxyl groups excluding tert-OH is 1. The van der Waals surface area contributed by atoms with E-state index < -0.39 is 11.6 Å². The van der Waals surface area contributed by atoms with Crippen molar-refractivity contribution in [3.63, 3.8) is 0 Å². The van der Waals surface area contributed by atoms with Crippen molar-refractivity contribution in [1.29, 1.82) is 0 Å². The van der Waals surface area contributed by atoms with Gasteiger partial charge in [-0.05, 0) is 12.1 Å². The van der Waals surface area contributed by atoms with Gasteiger partial charge in [-0.3, -0.25) is 0 Å². The minimum atomic E-state index is -0.982. The monoisotopic (exact) mass is 274 g/mol. The summed E-state index contributed by atoms with van der Waals surface area (Å²) in [6.07, 6.45) is 0. The van der Waals surface area contributed by atoms with Gasteiger partial charge >= 0.3 is 6.03 Å². The zero-order valence-electron chi connectivity index (χ0n) is 10.5. The van der Waals surface area contributed by atoms with Crippen LogP contribution in [0.25, 0.3) is 0 Å². The first-order valence-corrected chi connectivity index (χ1v) is 5.72. The summed E-state index contributed by atoms with van der Waals surface area (Å²) in [5.41, 5.74) is 0. The third kappa shape index (κ3) is 5.09. The number of aliphatic hydroxyl groups is 1. The predicted molar refractivity (Wildman–Crippen MR) is 65.0 cm³/mol. The Morgan fingerprint density at radius 1 is 1.42 bits per heavy atom. The van der Waals surface area contributed by atoms with Gasteiger partial charge in [0, 0.05) is 19.7 Å². The fourth-order valence-electron chi connectivity index (χ4n) is 1.28. The zero-order chi connectivity index (χ0) is 14.3. The Balaban J connectivity index is 2.27. The number of amides is 2. The molecule has 0 radical (unpaired) electrons. The molecule has 106 valence electrons. The number of ether oxygens (including phenoxy) is 1. The summed E-state index contributed by atoms with van der Waals surface area (Å²) in [5, 5.41) is 11.2. The Kier molecular flexibility index (Phi) is 6.01. The molecule has 0 aliphatic heterocycles. The molecule has 0 saturated heterocycles. The molecule has 0 unspecified atom stereocenters. The number of rotatable bonds is 6. The van der Waals surface area contributed by atoms with E-state index >= 15 is 0 Å². The molecule has 0 aromatic heterocycles. The van der Waals surface area contributed by atoms with Crippen LogP contribution in [0.15, 0.2) is 18.2 Å². The molecule has 2 amide bonds. The highest BCUT2D eigenvalue weighted by atomic mass is 19.2. The third-order valence-electron chi connectivity index (χ3n) is 2.32. The van der Waals surface area contributed by atoms with Gasteiger partial charge in [0.25, 0.3) is 0 Å². The second-order valence-corrected chi connectivity index (χ2v) is 3.80. The number of nitrogens with one attached hydrogen (secondary N) is 1. The summed E-state index contributed by atoms with van der Waals surface area (Å²) in [7, 11) is 1.54. The number of halogens is 2. The molecular formula is C12H16F2N2O3. The van der Waals surface area contributed by atoms with Crippen molar-refractivity contribution in [2.24, 2.45) is 0 Å². The normalized spacial score (nSPS) is 10.1. The van der Waals surface area contributed by atoms with Crippen LogP contribution >= 0.6 is 0 Å². The average Bonchev–Trinajstić information content (AvgIpc) is 2.38. The summed E-state index contributed by atoms with van der Waals surface area (Å²) in [6, 6.07) is 2.87. The maximum Gasteiger partial charge on any atom is 0.317 e. The number of carbonyl (C=O) groups excluding carboxylic acids is 1. The molecule has 0 bridgehead atoms. The van der Waals surface area contributed by atoms with E-state index in [0.29, 0.717) is 0 Å². The molecule has 7 heteroatoms. The van der Waals surface area contributed by atoms with Gasteiger partial charge in [0.2, 0.25) is 0 Å². The maximum absolute atomic E-state index is 12.9. The molecule has 0 fully saturated rings. The van der Waals surface area contributed by atoms with Crippen molar-refractivity contribution in [2.45, 2.75) is 0 Å². The van der Waals surface area contributed by atoms with Gasteiger partial charge in [0.05, 0.1) is 13.2 Å². The van der Waals surface area contributed by atoms with Gasteiger partial charge in [-0.1, -0.05) is 0 Å². The molecule has 0 heterocycles. The smallest absolute Gasteiger partial charge is 0.317 e. The van der Waals surface area contributed by atoms with Crippen molar-refractivity contribution < 1.29 is 23.4 Å². The highest BCUT2D eigenvalue weighted by Crippen LogP contribution is 2.14. The topological polar surface area (TPSA) is 61.8 Å². The van der Waals surface area contributed by atoms with Crippen LogP contribution in [0, 0.1) is 11.6 Å². The van der Waals surface area contributed by atoms with Crippen molar-refractivity contribution in [3.8, 4) is 5.75 Å². The van der Waals surface area contributed by atoms with Crippen LogP contribution in [0.2, 0.25) is 0 Å². The van der Waals surface area contributed by atoms with E-state index in [-0.39, 0.29) is 38.1 Å². The molecule has 0 aliphatic rings. The average molecular weight is 274 g/mol. The van der Waals surface area contributed by atoms with Crippen LogP contribution < -0.4 is 10.1 Å². The van der Waals surface area contributed by atoms with Gasteiger partial charge in [0.1, 0.15) is 12.4 Å². The Morgan fingerprint density at radius 3 is 2.79 bits per heavy atom. The minimum absolute atomic E-state index is 0.116. The van der Waals surface area contributed by atoms with E-state index in [4.69, 9.17) is 9.84 Å². The summed E-state index contributed by atoms with van der Waals surface area (Å²) in [4.78, 5) is 12.7. The van der Waals surface area contributed by atoms with Gasteiger partial charge in [-0.15, -0.1) is 0 Å². The van der Waals surface area contributed by atoms with Gasteiger partial charge < -0.3 is 20.1 Å². The fourth-order valence-corrected chi connectivity index (χ4v) is 1.28. The number of hydrogen-bond acceptors (Lipinski definition) is 3. The highest BCUT2D eigenvalue weighted by Gasteiger charge is 2.07. The summed E-state index contributed by atoms with van der Waals surface area (Å²) >= 11 is 0. The first kappa shape index (κ1) is 15.2. The van der Waals surface area contributed by atoms with Gasteiger partial charge in [-0.25, -0.2) is 13.6 Å². The van der Waals surface area contributed by atoms with Crippen LogP contribution in [-0.2, 0) is 0 Å². The molecule has 1 aromatic rings. The minimum Gasteiger partial charge on any atom is -0.492 e. The van der Waals surface area contributed by atoms with Crippen LogP contribution in [-0.4, -0.2) is 49.4 Å². The third-order valence-corrected chi connectivity index (χ3v) is 2.32. The largest absolute Gasteiger partial charge is 0.492 e. The molecule has 1 rings (SSSR count). The van der Waals surface area contributed by atoms with Crippen LogP contribution in [0.3, 0.4) is 0 Å². The van der Waals surface area contributed by atoms with Crippen LogP contribution in [0.1, 0.15) is 0 Å². The number of nitrogens with zero attached hydrogens (tertiary/aromatic N) is 1. The van der Waals surface area contributed by atoms with E-state index in [1.54, 1.807) is 7.05 Å². The summed E-state index contributed by atoms with van der Waals surface area (Å²) < 4.78 is 30.6. The van der Waals surface area contributed by atoms with Crippen LogP contribution in [0.4, 0.5) is 13.6 Å². The number of urea groups is 1. The Bertz CT molecular complexity index is 429. The lowest BCUT2D eigenvalue weighted by Gasteiger charge is -2.16. The SMILES string of the molecule is CN(CCO)C(=O)NCCOc1ccc(F)c(F)c1. The van der Waals surface area contributed by atoms with E-state index in [0.717, 1.165) is 12.1 Å². The first-order valence-electron chi connectivity index (χ1n) is 5.72. The number of carbonyl (C=O) groups is 1. The van der Waals surface area contributed by atoms with Crippen LogP contribution in [0.5, 0.6) is 5.75 Å². The first-order chi connectivity index (χ1) is 9.04. The summed E-state index contributed by atoms with van der Waals surface area (Å²) in [5.74, 6) is -1.73. The number of benzene rings is 1. The Labute approximate surface area is 109 Å². The van der Waals surface area contributed by atoms with E-state index in [1.807, 2.05) is 0 Å². The molecule has 0 atom stereocenters. The van der Waals surface area contributed by atoms with E-state index in [2.05, 4.69) is 5.32 Å². The second-order valence-electron chi connectivity index (χ2n) is 3.80. The van der Waals surface area contributed by atoms with Crippen molar-refractivity contribution >= 4 is 6.03 Å². The highest BCUT2D eigenvalue weighted by molar-refractivity contribution is 5.73. The predicted octanol–water partition coefficient (Wildman–Crippen LogP) is 0.977. The lowest BCUT2D eigenvalue weighted by Crippen LogP contribution is -2.40. The Morgan fingerprint density at radius 2 is 2.16 bits per heavy atom. The van der Waals surface area contributed by atoms with Crippen molar-refractivity contribution in [2.75, 3.05) is 33.4 Å². The molecule has 0 saturated carbocycles. The summed E-state index contributed by atoms with van der Waals surface area (Å²) in [6.45, 7) is 0.461. The van der Waals surface area contributed by atoms with Crippen molar-refractivity contribution in [1.82, 2.24) is 10.2 Å². The quantitative estimate of drug-likeness (QED) is 0.760. The molecule has 1 aromatic carbocycles.